The summed E-state index contributed by atoms with van der Waals surface area (Å²) in [5.41, 5.74) is 14.0. The Kier molecular flexibility index (Phi) is 16.2. The van der Waals surface area contributed by atoms with E-state index < -0.39 is 52.4 Å². The van der Waals surface area contributed by atoms with Gasteiger partial charge in [0, 0.05) is 19.6 Å². The number of alkyl carbamates (subject to hydrolysis) is 1. The zero-order valence-electron chi connectivity index (χ0n) is 31.7. The Bertz CT molecular complexity index is 1950. The zero-order valence-corrected chi connectivity index (χ0v) is 33.3. The van der Waals surface area contributed by atoms with E-state index in [0.29, 0.717) is 47.2 Å². The number of halogens is 3. The summed E-state index contributed by atoms with van der Waals surface area (Å²) >= 11 is 1.25. The second kappa shape index (κ2) is 19.9. The normalized spacial score (nSPS) is 14.9. The standard InChI is InChI=1S/C34H47N7O6S2.C2HF3O2/c1-20(2)17-27(31(43)38-26(10-8-14-37-33(35)36)29(42)32-39-25-9-6-7-11-28(25)48-32)40-34(44)47-24-12-15-41(16-13-24)49(45,46)30-22(4)18-21(3)19-23(30)5;3-2(4,5)1(6)7/h6-7,9,11,18-20,24,26-27H,8,10,12-17H2,1-5H3,(H,38,43)(H,40,44)(H4,35,36,37);(H,6,7)/t26-,27-;/m0./s1. The van der Waals surface area contributed by atoms with Crippen molar-refractivity contribution in [3.05, 3.63) is 58.1 Å². The van der Waals surface area contributed by atoms with E-state index in [-0.39, 0.29) is 48.7 Å². The van der Waals surface area contributed by atoms with Crippen molar-refractivity contribution in [1.82, 2.24) is 19.9 Å². The third-order valence-electron chi connectivity index (χ3n) is 8.52. The maximum absolute atomic E-state index is 13.6. The number of amides is 2. The number of guanidine groups is 1. The average Bonchev–Trinajstić information content (AvgIpc) is 3.53. The van der Waals surface area contributed by atoms with E-state index in [0.717, 1.165) is 10.3 Å². The molecule has 1 aromatic heterocycles. The van der Waals surface area contributed by atoms with Crippen molar-refractivity contribution >= 4 is 61.3 Å². The fourth-order valence-corrected chi connectivity index (χ4v) is 8.94. The Balaban J connectivity index is 0.00000109. The van der Waals surface area contributed by atoms with Gasteiger partial charge < -0.3 is 31.9 Å². The number of benzene rings is 2. The maximum atomic E-state index is 13.6. The number of aryl methyl sites for hydroxylation is 3. The van der Waals surface area contributed by atoms with Crippen LogP contribution in [-0.4, -0.2) is 96.5 Å². The first kappa shape index (κ1) is 45.6. The van der Waals surface area contributed by atoms with E-state index in [1.165, 1.54) is 15.6 Å². The number of hydrogen-bond donors (Lipinski definition) is 5. The predicted octanol–water partition coefficient (Wildman–Crippen LogP) is 4.57. The summed E-state index contributed by atoms with van der Waals surface area (Å²) in [6, 6.07) is 9.19. The lowest BCUT2D eigenvalue weighted by molar-refractivity contribution is -0.192. The van der Waals surface area contributed by atoms with Crippen molar-refractivity contribution in [3.8, 4) is 0 Å². The number of alkyl halides is 3. The highest BCUT2D eigenvalue weighted by Gasteiger charge is 2.38. The topological polar surface area (TPSA) is 236 Å². The second-order valence-corrected chi connectivity index (χ2v) is 16.6. The van der Waals surface area contributed by atoms with Gasteiger partial charge in [0.15, 0.2) is 11.0 Å². The van der Waals surface area contributed by atoms with Gasteiger partial charge in [-0.3, -0.25) is 14.6 Å². The first-order valence-corrected chi connectivity index (χ1v) is 20.0. The summed E-state index contributed by atoms with van der Waals surface area (Å²) in [6.45, 7) is 10.0. The van der Waals surface area contributed by atoms with Crippen molar-refractivity contribution in [1.29, 1.82) is 0 Å². The number of ketones is 1. The number of rotatable bonds is 14. The molecule has 2 atom stereocenters. The molecular weight excluding hydrogens is 780 g/mol. The van der Waals surface area contributed by atoms with Crippen LogP contribution in [-0.2, 0) is 24.3 Å². The van der Waals surface area contributed by atoms with Gasteiger partial charge in [-0.25, -0.2) is 23.0 Å². The first-order chi connectivity index (χ1) is 26.1. The molecule has 0 radical (unpaired) electrons. The van der Waals surface area contributed by atoms with Gasteiger partial charge in [0.2, 0.25) is 21.7 Å². The van der Waals surface area contributed by atoms with E-state index in [4.69, 9.17) is 26.1 Å². The minimum atomic E-state index is -5.08. The van der Waals surface area contributed by atoms with Crippen LogP contribution in [0.2, 0.25) is 0 Å². The Morgan fingerprint density at radius 3 is 2.16 bits per heavy atom. The molecule has 20 heteroatoms. The number of carbonyl (C=O) groups is 4. The number of para-hydroxylation sites is 1. The first-order valence-electron chi connectivity index (χ1n) is 17.7. The lowest BCUT2D eigenvalue weighted by atomic mass is 10.0. The molecule has 15 nitrogen and oxygen atoms in total. The molecule has 0 unspecified atom stereocenters. The number of fused-ring (bicyclic) bond motifs is 1. The summed E-state index contributed by atoms with van der Waals surface area (Å²) < 4.78 is 66.7. The average molecular weight is 828 g/mol. The van der Waals surface area contributed by atoms with Crippen LogP contribution in [0.1, 0.15) is 72.4 Å². The summed E-state index contributed by atoms with van der Waals surface area (Å²) in [7, 11) is -3.72. The lowest BCUT2D eigenvalue weighted by Gasteiger charge is -2.32. The molecule has 308 valence electrons. The van der Waals surface area contributed by atoms with Crippen LogP contribution in [0.3, 0.4) is 0 Å². The maximum Gasteiger partial charge on any atom is 0.490 e. The fourth-order valence-electron chi connectivity index (χ4n) is 6.09. The molecule has 0 aliphatic carbocycles. The molecule has 1 saturated heterocycles. The monoisotopic (exact) mass is 827 g/mol. The van der Waals surface area contributed by atoms with E-state index in [9.17, 15) is 36.0 Å². The number of hydrogen-bond acceptors (Lipinski definition) is 10. The molecule has 4 rings (SSSR count). The third-order valence-corrected chi connectivity index (χ3v) is 11.8. The number of carbonyl (C=O) groups excluding carboxylic acids is 3. The van der Waals surface area contributed by atoms with Crippen LogP contribution in [0.5, 0.6) is 0 Å². The number of piperidine rings is 1. The molecular formula is C36H48F3N7O8S2. The molecule has 0 saturated carbocycles. The number of carboxylic acids is 1. The molecule has 1 fully saturated rings. The molecule has 2 aromatic carbocycles. The van der Waals surface area contributed by atoms with Gasteiger partial charge in [-0.1, -0.05) is 43.7 Å². The largest absolute Gasteiger partial charge is 0.490 e. The van der Waals surface area contributed by atoms with Crippen molar-refractivity contribution < 1.29 is 50.6 Å². The molecule has 0 spiro atoms. The van der Waals surface area contributed by atoms with Crippen LogP contribution < -0.4 is 22.1 Å². The minimum absolute atomic E-state index is 0.0264. The summed E-state index contributed by atoms with van der Waals surface area (Å²) in [4.78, 5) is 58.0. The number of carboxylic acid groups (broad SMARTS) is 1. The summed E-state index contributed by atoms with van der Waals surface area (Å²) in [5, 5.41) is 12.9. The van der Waals surface area contributed by atoms with Crippen molar-refractivity contribution in [2.24, 2.45) is 22.4 Å². The highest BCUT2D eigenvalue weighted by atomic mass is 32.2. The third kappa shape index (κ3) is 13.1. The SMILES string of the molecule is Cc1cc(C)c(S(=O)(=O)N2CCC(OC(=O)N[C@@H](CC(C)C)C(=O)N[C@@H](CCCN=C(N)N)C(=O)c3nc4ccccc4s3)CC2)c(C)c1.O=C(O)C(F)(F)F. The smallest absolute Gasteiger partial charge is 0.475 e. The summed E-state index contributed by atoms with van der Waals surface area (Å²) in [6.07, 6.45) is -4.81. The van der Waals surface area contributed by atoms with E-state index >= 15 is 0 Å². The molecule has 3 aromatic rings. The van der Waals surface area contributed by atoms with Gasteiger partial charge in [0.25, 0.3) is 0 Å². The molecule has 1 aliphatic rings. The van der Waals surface area contributed by atoms with Gasteiger partial charge in [0.05, 0.1) is 21.2 Å². The molecule has 56 heavy (non-hydrogen) atoms. The van der Waals surface area contributed by atoms with Crippen molar-refractivity contribution in [3.63, 3.8) is 0 Å². The Labute approximate surface area is 327 Å². The highest BCUT2D eigenvalue weighted by Crippen LogP contribution is 2.28. The Hall–Kier alpha value is -4.82. The Morgan fingerprint density at radius 2 is 1.62 bits per heavy atom. The molecule has 1 aliphatic heterocycles. The second-order valence-electron chi connectivity index (χ2n) is 13.7. The van der Waals surface area contributed by atoms with E-state index in [2.05, 4.69) is 20.6 Å². The zero-order chi connectivity index (χ0) is 42.0. The number of nitrogens with zero attached hydrogens (tertiary/aromatic N) is 3. The quantitative estimate of drug-likeness (QED) is 0.0653. The van der Waals surface area contributed by atoms with Crippen LogP contribution in [0.25, 0.3) is 10.2 Å². The number of thiazole rings is 1. The number of nitrogens with one attached hydrogen (secondary N) is 2. The van der Waals surface area contributed by atoms with Crippen LogP contribution >= 0.6 is 11.3 Å². The van der Waals surface area contributed by atoms with Crippen molar-refractivity contribution in [2.75, 3.05) is 19.6 Å². The lowest BCUT2D eigenvalue weighted by Crippen LogP contribution is -2.52. The highest BCUT2D eigenvalue weighted by molar-refractivity contribution is 7.89. The van der Waals surface area contributed by atoms with Gasteiger partial charge in [0.1, 0.15) is 12.1 Å². The molecule has 2 heterocycles. The number of ether oxygens (including phenoxy) is 1. The van der Waals surface area contributed by atoms with Crippen LogP contribution in [0.4, 0.5) is 18.0 Å². The van der Waals surface area contributed by atoms with Gasteiger partial charge >= 0.3 is 18.2 Å². The van der Waals surface area contributed by atoms with Crippen molar-refractivity contribution in [2.45, 2.75) is 96.0 Å². The van der Waals surface area contributed by atoms with Gasteiger partial charge in [-0.2, -0.15) is 17.5 Å². The number of aliphatic imine (C=N–C) groups is 1. The molecule has 0 bridgehead atoms. The van der Waals surface area contributed by atoms with E-state index in [1.54, 1.807) is 13.8 Å². The number of aliphatic carboxylic acids is 1. The Morgan fingerprint density at radius 1 is 1.04 bits per heavy atom. The number of nitrogens with two attached hydrogens (primary N) is 2. The van der Waals surface area contributed by atoms with E-state index in [1.807, 2.05) is 57.2 Å². The molecule has 2 amide bonds. The van der Waals surface area contributed by atoms with Gasteiger partial charge in [-0.05, 0) is 82.1 Å². The number of sulfonamides is 1. The minimum Gasteiger partial charge on any atom is -0.475 e. The summed E-state index contributed by atoms with van der Waals surface area (Å²) in [5.74, 6) is -3.67. The number of aromatic nitrogens is 1. The number of Topliss-reactive ketones (excluding diaryl/α,β-unsaturated/α-hetero) is 1. The molecule has 7 N–H and O–H groups in total. The predicted molar refractivity (Wildman–Crippen MR) is 205 cm³/mol. The van der Waals surface area contributed by atoms with Gasteiger partial charge in [-0.15, -0.1) is 11.3 Å². The van der Waals surface area contributed by atoms with Crippen LogP contribution in [0, 0.1) is 26.7 Å². The fraction of sp³-hybridized carbons (Fsp3) is 0.500. The van der Waals surface area contributed by atoms with Crippen LogP contribution in [0.15, 0.2) is 46.3 Å².